The lowest BCUT2D eigenvalue weighted by Gasteiger charge is -2.32. The lowest BCUT2D eigenvalue weighted by atomic mass is 10.2. The van der Waals surface area contributed by atoms with E-state index in [-0.39, 0.29) is 11.9 Å². The van der Waals surface area contributed by atoms with Crippen molar-refractivity contribution in [3.63, 3.8) is 0 Å². The molecule has 0 spiro atoms. The predicted octanol–water partition coefficient (Wildman–Crippen LogP) is 1.64. The molecule has 0 aliphatic carbocycles. The summed E-state index contributed by atoms with van der Waals surface area (Å²) in [6.45, 7) is 7.70. The van der Waals surface area contributed by atoms with Crippen molar-refractivity contribution in [3.05, 3.63) is 35.6 Å². The van der Waals surface area contributed by atoms with Gasteiger partial charge in [0.1, 0.15) is 5.82 Å². The fraction of sp³-hybridized carbons (Fsp3) is 0.571. The molecule has 1 saturated heterocycles. The van der Waals surface area contributed by atoms with Gasteiger partial charge in [-0.3, -0.25) is 4.90 Å². The van der Waals surface area contributed by atoms with Gasteiger partial charge < -0.3 is 10.1 Å². The van der Waals surface area contributed by atoms with Crippen molar-refractivity contribution in [2.24, 2.45) is 0 Å². The topological polar surface area (TPSA) is 24.5 Å². The zero-order valence-corrected chi connectivity index (χ0v) is 10.9. The van der Waals surface area contributed by atoms with Gasteiger partial charge in [0.2, 0.25) is 0 Å². The third-order valence-electron chi connectivity index (χ3n) is 3.28. The summed E-state index contributed by atoms with van der Waals surface area (Å²) >= 11 is 0. The van der Waals surface area contributed by atoms with Crippen LogP contribution in [0.3, 0.4) is 0 Å². The minimum absolute atomic E-state index is 0.187. The number of hydrogen-bond acceptors (Lipinski definition) is 3. The van der Waals surface area contributed by atoms with E-state index in [2.05, 4.69) is 17.1 Å². The zero-order chi connectivity index (χ0) is 12.8. The normalized spacial score (nSPS) is 21.1. The van der Waals surface area contributed by atoms with Gasteiger partial charge in [0.25, 0.3) is 0 Å². The largest absolute Gasteiger partial charge is 0.374 e. The molecule has 1 N–H and O–H groups in total. The monoisotopic (exact) mass is 252 g/mol. The van der Waals surface area contributed by atoms with Crippen LogP contribution in [0.1, 0.15) is 12.5 Å². The van der Waals surface area contributed by atoms with Gasteiger partial charge in [-0.2, -0.15) is 0 Å². The standard InChI is InChI=1S/C14H21FN2O/c1-2-17-7-8-18-14(11-17)10-16-9-12-3-5-13(15)6-4-12/h3-6,14,16H,2,7-11H2,1H3. The van der Waals surface area contributed by atoms with Crippen molar-refractivity contribution in [3.8, 4) is 0 Å². The van der Waals surface area contributed by atoms with E-state index in [0.717, 1.165) is 44.9 Å². The number of morpholine rings is 1. The predicted molar refractivity (Wildman–Crippen MR) is 70.0 cm³/mol. The zero-order valence-electron chi connectivity index (χ0n) is 10.9. The maximum Gasteiger partial charge on any atom is 0.123 e. The molecule has 18 heavy (non-hydrogen) atoms. The van der Waals surface area contributed by atoms with Crippen molar-refractivity contribution in [1.82, 2.24) is 10.2 Å². The van der Waals surface area contributed by atoms with Gasteiger partial charge in [-0.15, -0.1) is 0 Å². The molecule has 0 amide bonds. The fourth-order valence-electron chi connectivity index (χ4n) is 2.17. The smallest absolute Gasteiger partial charge is 0.123 e. The molecule has 1 aromatic carbocycles. The van der Waals surface area contributed by atoms with E-state index in [1.807, 2.05) is 12.1 Å². The van der Waals surface area contributed by atoms with Crippen molar-refractivity contribution < 1.29 is 9.13 Å². The molecule has 1 atom stereocenters. The number of nitrogens with zero attached hydrogens (tertiary/aromatic N) is 1. The highest BCUT2D eigenvalue weighted by molar-refractivity contribution is 5.15. The molecule has 3 nitrogen and oxygen atoms in total. The van der Waals surface area contributed by atoms with E-state index < -0.39 is 0 Å². The molecule has 100 valence electrons. The van der Waals surface area contributed by atoms with Crippen LogP contribution in [0.2, 0.25) is 0 Å². The molecule has 2 rings (SSSR count). The molecule has 1 aliphatic rings. The molecule has 0 bridgehead atoms. The molecular weight excluding hydrogens is 231 g/mol. The first kappa shape index (κ1) is 13.5. The molecule has 4 heteroatoms. The third kappa shape index (κ3) is 4.05. The van der Waals surface area contributed by atoms with Gasteiger partial charge in [-0.1, -0.05) is 19.1 Å². The van der Waals surface area contributed by atoms with Gasteiger partial charge in [-0.25, -0.2) is 4.39 Å². The van der Waals surface area contributed by atoms with Crippen LogP contribution < -0.4 is 5.32 Å². The van der Waals surface area contributed by atoms with Crippen molar-refractivity contribution in [1.29, 1.82) is 0 Å². The van der Waals surface area contributed by atoms with Crippen LogP contribution in [0.25, 0.3) is 0 Å². The van der Waals surface area contributed by atoms with Gasteiger partial charge in [-0.05, 0) is 24.2 Å². The van der Waals surface area contributed by atoms with E-state index >= 15 is 0 Å². The summed E-state index contributed by atoms with van der Waals surface area (Å²) in [7, 11) is 0. The average molecular weight is 252 g/mol. The van der Waals surface area contributed by atoms with Gasteiger partial charge in [0, 0.05) is 26.2 Å². The Labute approximate surface area is 108 Å². The van der Waals surface area contributed by atoms with Crippen LogP contribution in [0.4, 0.5) is 4.39 Å². The van der Waals surface area contributed by atoms with E-state index in [1.54, 1.807) is 0 Å². The Balaban J connectivity index is 1.70. The second-order valence-electron chi connectivity index (χ2n) is 4.64. The molecule has 1 heterocycles. The van der Waals surface area contributed by atoms with E-state index in [9.17, 15) is 4.39 Å². The van der Waals surface area contributed by atoms with Gasteiger partial charge in [0.05, 0.1) is 12.7 Å². The number of ether oxygens (including phenoxy) is 1. The summed E-state index contributed by atoms with van der Waals surface area (Å²) in [4.78, 5) is 2.40. The molecule has 1 aliphatic heterocycles. The minimum Gasteiger partial charge on any atom is -0.374 e. The van der Waals surface area contributed by atoms with E-state index in [1.165, 1.54) is 12.1 Å². The third-order valence-corrected chi connectivity index (χ3v) is 3.28. The summed E-state index contributed by atoms with van der Waals surface area (Å²) in [6, 6.07) is 6.60. The van der Waals surface area contributed by atoms with E-state index in [0.29, 0.717) is 0 Å². The number of nitrogens with one attached hydrogen (secondary N) is 1. The molecule has 0 aromatic heterocycles. The summed E-state index contributed by atoms with van der Waals surface area (Å²) in [5, 5.41) is 3.36. The first-order valence-electron chi connectivity index (χ1n) is 6.57. The maximum absolute atomic E-state index is 12.7. The highest BCUT2D eigenvalue weighted by Gasteiger charge is 2.18. The SMILES string of the molecule is CCN1CCOC(CNCc2ccc(F)cc2)C1. The first-order valence-corrected chi connectivity index (χ1v) is 6.57. The van der Waals surface area contributed by atoms with Crippen LogP contribution in [0, 0.1) is 5.82 Å². The summed E-state index contributed by atoms with van der Waals surface area (Å²) in [5.41, 5.74) is 1.10. The second kappa shape index (κ2) is 6.83. The van der Waals surface area contributed by atoms with Crippen LogP contribution in [-0.2, 0) is 11.3 Å². The lowest BCUT2D eigenvalue weighted by molar-refractivity contribution is -0.0253. The molecule has 1 fully saturated rings. The Morgan fingerprint density at radius 2 is 2.17 bits per heavy atom. The number of halogens is 1. The second-order valence-corrected chi connectivity index (χ2v) is 4.64. The average Bonchev–Trinajstić information content (AvgIpc) is 2.41. The molecule has 1 aromatic rings. The number of hydrogen-bond donors (Lipinski definition) is 1. The molecule has 1 unspecified atom stereocenters. The number of rotatable bonds is 5. The summed E-state index contributed by atoms with van der Waals surface area (Å²) < 4.78 is 18.4. The summed E-state index contributed by atoms with van der Waals surface area (Å²) in [5.74, 6) is -0.187. The Hall–Kier alpha value is -0.970. The van der Waals surface area contributed by atoms with Crippen LogP contribution in [-0.4, -0.2) is 43.8 Å². The van der Waals surface area contributed by atoms with Crippen molar-refractivity contribution in [2.45, 2.75) is 19.6 Å². The molecule has 0 radical (unpaired) electrons. The Morgan fingerprint density at radius 3 is 2.89 bits per heavy atom. The quantitative estimate of drug-likeness (QED) is 0.862. The van der Waals surface area contributed by atoms with Crippen molar-refractivity contribution >= 4 is 0 Å². The Bertz CT molecular complexity index is 355. The Kier molecular flexibility index (Phi) is 5.11. The van der Waals surface area contributed by atoms with Crippen molar-refractivity contribution in [2.75, 3.05) is 32.8 Å². The van der Waals surface area contributed by atoms with Crippen LogP contribution >= 0.6 is 0 Å². The highest BCUT2D eigenvalue weighted by atomic mass is 19.1. The fourth-order valence-corrected chi connectivity index (χ4v) is 2.17. The lowest BCUT2D eigenvalue weighted by Crippen LogP contribution is -2.46. The Morgan fingerprint density at radius 1 is 1.39 bits per heavy atom. The van der Waals surface area contributed by atoms with Crippen LogP contribution in [0.5, 0.6) is 0 Å². The van der Waals surface area contributed by atoms with Gasteiger partial charge >= 0.3 is 0 Å². The summed E-state index contributed by atoms with van der Waals surface area (Å²) in [6.07, 6.45) is 0.263. The highest BCUT2D eigenvalue weighted by Crippen LogP contribution is 2.05. The molecular formula is C14H21FN2O. The van der Waals surface area contributed by atoms with Gasteiger partial charge in [0.15, 0.2) is 0 Å². The number of benzene rings is 1. The van der Waals surface area contributed by atoms with Crippen LogP contribution in [0.15, 0.2) is 24.3 Å². The first-order chi connectivity index (χ1) is 8.78. The maximum atomic E-state index is 12.7. The van der Waals surface area contributed by atoms with E-state index in [4.69, 9.17) is 4.74 Å². The minimum atomic E-state index is -0.187. The molecule has 0 saturated carbocycles. The number of likely N-dealkylation sites (N-methyl/N-ethyl adjacent to an activating group) is 1.